The molecule has 0 aliphatic carbocycles. The van der Waals surface area contributed by atoms with Crippen LogP contribution in [0.2, 0.25) is 0 Å². The molecule has 0 fully saturated rings. The fraction of sp³-hybridized carbons (Fsp3) is 0.700. The van der Waals surface area contributed by atoms with Gasteiger partial charge in [0.15, 0.2) is 0 Å². The van der Waals surface area contributed by atoms with Crippen molar-refractivity contribution in [2.24, 2.45) is 5.73 Å². The number of hydrogen-bond donors (Lipinski definition) is 2. The van der Waals surface area contributed by atoms with Gasteiger partial charge in [-0.05, 0) is 0 Å². The molecule has 3 N–H and O–H groups in total. The molecule has 1 aromatic heterocycles. The molecule has 1 heterocycles. The molecule has 0 aromatic carbocycles. The van der Waals surface area contributed by atoms with Crippen molar-refractivity contribution < 1.29 is 9.53 Å². The summed E-state index contributed by atoms with van der Waals surface area (Å²) in [6, 6.07) is 0. The molecule has 0 saturated heterocycles. The summed E-state index contributed by atoms with van der Waals surface area (Å²) in [7, 11) is 0. The van der Waals surface area contributed by atoms with E-state index < -0.39 is 5.91 Å². The fourth-order valence-electron chi connectivity index (χ4n) is 1.00. The number of aromatic nitrogens is 2. The molecule has 96 valence electrons. The Balaban J connectivity index is 2.28. The maximum absolute atomic E-state index is 10.4. The second-order valence-electron chi connectivity index (χ2n) is 4.62. The first-order valence-corrected chi connectivity index (χ1v) is 6.11. The second-order valence-corrected chi connectivity index (χ2v) is 5.37. The Labute approximate surface area is 105 Å². The van der Waals surface area contributed by atoms with Crippen molar-refractivity contribution >= 4 is 22.6 Å². The van der Waals surface area contributed by atoms with E-state index in [1.807, 2.05) is 0 Å². The van der Waals surface area contributed by atoms with E-state index in [0.29, 0.717) is 13.2 Å². The largest absolute Gasteiger partial charge is 0.370 e. The molecule has 0 spiro atoms. The van der Waals surface area contributed by atoms with Crippen molar-refractivity contribution in [3.05, 3.63) is 5.82 Å². The van der Waals surface area contributed by atoms with Crippen LogP contribution in [0, 0.1) is 0 Å². The highest BCUT2D eigenvalue weighted by Gasteiger charge is 2.19. The van der Waals surface area contributed by atoms with Gasteiger partial charge in [-0.3, -0.25) is 4.79 Å². The molecular weight excluding hydrogens is 240 g/mol. The molecule has 1 aromatic rings. The summed E-state index contributed by atoms with van der Waals surface area (Å²) in [6.45, 7) is 7.13. The number of carbonyl (C=O) groups excluding carboxylic acids is 1. The zero-order valence-electron chi connectivity index (χ0n) is 10.3. The van der Waals surface area contributed by atoms with Crippen LogP contribution in [-0.2, 0) is 14.9 Å². The molecule has 6 nitrogen and oxygen atoms in total. The maximum atomic E-state index is 10.4. The number of carbonyl (C=O) groups is 1. The molecule has 0 saturated carbocycles. The Bertz CT molecular complexity index is 373. The number of primary amides is 1. The number of nitrogens with zero attached hydrogens (tertiary/aromatic N) is 2. The molecule has 0 bridgehead atoms. The third-order valence-electron chi connectivity index (χ3n) is 1.86. The van der Waals surface area contributed by atoms with Gasteiger partial charge in [-0.1, -0.05) is 20.8 Å². The van der Waals surface area contributed by atoms with Crippen LogP contribution in [-0.4, -0.2) is 35.0 Å². The smallest absolute Gasteiger partial charge is 0.243 e. The van der Waals surface area contributed by atoms with Gasteiger partial charge in [-0.15, -0.1) is 0 Å². The lowest BCUT2D eigenvalue weighted by molar-refractivity contribution is -0.122. The molecule has 7 heteroatoms. The van der Waals surface area contributed by atoms with Crippen LogP contribution in [0.1, 0.15) is 26.6 Å². The minimum Gasteiger partial charge on any atom is -0.370 e. The van der Waals surface area contributed by atoms with E-state index in [2.05, 4.69) is 35.4 Å². The second kappa shape index (κ2) is 5.92. The fourth-order valence-corrected chi connectivity index (χ4v) is 1.78. The van der Waals surface area contributed by atoms with Crippen LogP contribution >= 0.6 is 11.5 Å². The van der Waals surface area contributed by atoms with E-state index in [1.165, 1.54) is 11.5 Å². The van der Waals surface area contributed by atoms with Crippen LogP contribution in [0.15, 0.2) is 0 Å². The van der Waals surface area contributed by atoms with Gasteiger partial charge in [-0.25, -0.2) is 4.98 Å². The van der Waals surface area contributed by atoms with E-state index in [4.69, 9.17) is 10.5 Å². The van der Waals surface area contributed by atoms with Gasteiger partial charge in [0.1, 0.15) is 12.4 Å². The molecule has 0 radical (unpaired) electrons. The van der Waals surface area contributed by atoms with Gasteiger partial charge >= 0.3 is 0 Å². The molecule has 0 unspecified atom stereocenters. The standard InChI is InChI=1S/C10H18N4O2S/c1-10(2,3)8-13-9(17-14-8)12-4-5-16-6-7(11)15/h4-6H2,1-3H3,(H2,11,15)(H,12,13,14). The summed E-state index contributed by atoms with van der Waals surface area (Å²) >= 11 is 1.32. The average Bonchev–Trinajstić information content (AvgIpc) is 2.64. The van der Waals surface area contributed by atoms with Gasteiger partial charge in [0.25, 0.3) is 0 Å². The highest BCUT2D eigenvalue weighted by molar-refractivity contribution is 7.09. The number of nitrogens with two attached hydrogens (primary N) is 1. The van der Waals surface area contributed by atoms with Gasteiger partial charge < -0.3 is 15.8 Å². The van der Waals surface area contributed by atoms with Crippen molar-refractivity contribution in [3.63, 3.8) is 0 Å². The Morgan fingerprint density at radius 2 is 2.24 bits per heavy atom. The van der Waals surface area contributed by atoms with Gasteiger partial charge in [0, 0.05) is 23.5 Å². The highest BCUT2D eigenvalue weighted by atomic mass is 32.1. The predicted molar refractivity (Wildman–Crippen MR) is 67.1 cm³/mol. The Hall–Kier alpha value is -1.21. The lowest BCUT2D eigenvalue weighted by atomic mass is 9.96. The van der Waals surface area contributed by atoms with Gasteiger partial charge in [0.05, 0.1) is 6.61 Å². The Kier molecular flexibility index (Phi) is 4.83. The minimum atomic E-state index is -0.462. The molecule has 0 atom stereocenters. The van der Waals surface area contributed by atoms with E-state index in [0.717, 1.165) is 11.0 Å². The van der Waals surface area contributed by atoms with Crippen LogP contribution in [0.3, 0.4) is 0 Å². The lowest BCUT2D eigenvalue weighted by Crippen LogP contribution is -2.20. The van der Waals surface area contributed by atoms with Gasteiger partial charge in [-0.2, -0.15) is 4.37 Å². The third-order valence-corrected chi connectivity index (χ3v) is 2.54. The van der Waals surface area contributed by atoms with Crippen molar-refractivity contribution in [3.8, 4) is 0 Å². The molecular formula is C10H18N4O2S. The van der Waals surface area contributed by atoms with Crippen molar-refractivity contribution in [1.29, 1.82) is 0 Å². The van der Waals surface area contributed by atoms with Gasteiger partial charge in [0.2, 0.25) is 11.0 Å². The van der Waals surface area contributed by atoms with Crippen LogP contribution in [0.25, 0.3) is 0 Å². The molecule has 1 amide bonds. The van der Waals surface area contributed by atoms with E-state index >= 15 is 0 Å². The van der Waals surface area contributed by atoms with Crippen molar-refractivity contribution in [2.45, 2.75) is 26.2 Å². The number of hydrogen-bond acceptors (Lipinski definition) is 6. The Morgan fingerprint density at radius 1 is 1.53 bits per heavy atom. The van der Waals surface area contributed by atoms with Crippen LogP contribution < -0.4 is 11.1 Å². The zero-order valence-corrected chi connectivity index (χ0v) is 11.1. The quantitative estimate of drug-likeness (QED) is 0.735. The number of rotatable bonds is 6. The third kappa shape index (κ3) is 5.10. The van der Waals surface area contributed by atoms with Crippen LogP contribution in [0.5, 0.6) is 0 Å². The van der Waals surface area contributed by atoms with E-state index in [-0.39, 0.29) is 12.0 Å². The summed E-state index contributed by atoms with van der Waals surface area (Å²) in [4.78, 5) is 14.8. The van der Waals surface area contributed by atoms with Crippen molar-refractivity contribution in [2.75, 3.05) is 25.1 Å². The summed E-state index contributed by atoms with van der Waals surface area (Å²) in [5, 5.41) is 3.84. The first kappa shape index (κ1) is 13.9. The number of amides is 1. The predicted octanol–water partition coefficient (Wildman–Crippen LogP) is 0.749. The zero-order chi connectivity index (χ0) is 12.9. The topological polar surface area (TPSA) is 90.1 Å². The first-order chi connectivity index (χ1) is 7.89. The summed E-state index contributed by atoms with van der Waals surface area (Å²) in [5.41, 5.74) is 4.89. The minimum absolute atomic E-state index is 0.0428. The monoisotopic (exact) mass is 258 g/mol. The average molecular weight is 258 g/mol. The van der Waals surface area contributed by atoms with Crippen molar-refractivity contribution in [1.82, 2.24) is 9.36 Å². The number of nitrogens with one attached hydrogen (secondary N) is 1. The number of ether oxygens (including phenoxy) is 1. The molecule has 1 rings (SSSR count). The highest BCUT2D eigenvalue weighted by Crippen LogP contribution is 2.22. The molecule has 0 aliphatic heterocycles. The lowest BCUT2D eigenvalue weighted by Gasteiger charge is -2.12. The summed E-state index contributed by atoms with van der Waals surface area (Å²) < 4.78 is 9.28. The molecule has 0 aliphatic rings. The van der Waals surface area contributed by atoms with Crippen LogP contribution in [0.4, 0.5) is 5.13 Å². The van der Waals surface area contributed by atoms with E-state index in [1.54, 1.807) is 0 Å². The number of anilines is 1. The summed E-state index contributed by atoms with van der Waals surface area (Å²) in [5.74, 6) is 0.360. The maximum Gasteiger partial charge on any atom is 0.243 e. The Morgan fingerprint density at radius 3 is 2.76 bits per heavy atom. The molecule has 17 heavy (non-hydrogen) atoms. The SMILES string of the molecule is CC(C)(C)c1nsc(NCCOCC(N)=O)n1. The summed E-state index contributed by atoms with van der Waals surface area (Å²) in [6.07, 6.45) is 0. The van der Waals surface area contributed by atoms with E-state index in [9.17, 15) is 4.79 Å². The normalized spacial score (nSPS) is 11.5. The first-order valence-electron chi connectivity index (χ1n) is 5.33.